The number of allylic oxidation sites excluding steroid dienone is 8. The van der Waals surface area contributed by atoms with Crippen molar-refractivity contribution >= 4 is 19.8 Å². The lowest BCUT2D eigenvalue weighted by Gasteiger charge is -2.28. The Morgan fingerprint density at radius 1 is 0.649 bits per heavy atom. The van der Waals surface area contributed by atoms with E-state index in [-0.39, 0.29) is 26.1 Å². The summed E-state index contributed by atoms with van der Waals surface area (Å²) in [5.74, 6) is -0.982. The minimum atomic E-state index is -4.67. The number of likely N-dealkylation sites (N-methyl/N-ethyl adjacent to an activating group) is 1. The molecule has 1 N–H and O–H groups in total. The van der Waals surface area contributed by atoms with Crippen LogP contribution in [0.15, 0.2) is 60.8 Å². The van der Waals surface area contributed by atoms with Crippen molar-refractivity contribution in [2.24, 2.45) is 0 Å². The minimum Gasteiger partial charge on any atom is -0.756 e. The van der Waals surface area contributed by atoms with Crippen LogP contribution in [0.1, 0.15) is 162 Å². The first-order valence-corrected chi connectivity index (χ1v) is 23.6. The lowest BCUT2D eigenvalue weighted by atomic mass is 10.1. The highest BCUT2D eigenvalue weighted by Gasteiger charge is 2.21. The molecule has 11 heteroatoms. The number of carbonyl (C=O) groups excluding carboxylic acids is 2. The molecule has 10 nitrogen and oxygen atoms in total. The van der Waals surface area contributed by atoms with Crippen molar-refractivity contribution in [2.75, 3.05) is 47.5 Å². The standard InChI is InChI=1S/C46H82NO9P/c1-6-8-10-12-14-16-18-19-20-21-22-24-26-28-33-37-45(49)53-41-44(42-55-57(51,52)54-40-39-47(3,4)5)56-46(50)38-34-30-29-32-36-43(48)35-31-27-25-23-17-15-13-11-9-7-2/h15,17,19-20,25,27,29,31-32,35,43-44,48H,6-14,16,18,21-24,26,28,30,33-34,36-42H2,1-5H3/b17-15-,20-19-,27-25-,32-29-,35-31-. The van der Waals surface area contributed by atoms with E-state index in [0.29, 0.717) is 36.7 Å². The van der Waals surface area contributed by atoms with Crippen molar-refractivity contribution < 1.29 is 47.2 Å². The van der Waals surface area contributed by atoms with Crippen molar-refractivity contribution in [3.63, 3.8) is 0 Å². The molecule has 330 valence electrons. The zero-order chi connectivity index (χ0) is 42.3. The summed E-state index contributed by atoms with van der Waals surface area (Å²) < 4.78 is 33.7. The van der Waals surface area contributed by atoms with Crippen LogP contribution in [-0.2, 0) is 32.7 Å². The molecule has 0 saturated heterocycles. The van der Waals surface area contributed by atoms with Gasteiger partial charge in [-0.05, 0) is 70.6 Å². The lowest BCUT2D eigenvalue weighted by molar-refractivity contribution is -0.870. The first-order chi connectivity index (χ1) is 27.4. The Morgan fingerprint density at radius 3 is 1.86 bits per heavy atom. The lowest BCUT2D eigenvalue weighted by Crippen LogP contribution is -2.37. The summed E-state index contributed by atoms with van der Waals surface area (Å²) >= 11 is 0. The van der Waals surface area contributed by atoms with Crippen LogP contribution in [0.4, 0.5) is 0 Å². The molecule has 0 spiro atoms. The molecular formula is C46H82NO9P. The van der Waals surface area contributed by atoms with E-state index < -0.39 is 38.6 Å². The van der Waals surface area contributed by atoms with E-state index in [4.69, 9.17) is 18.5 Å². The number of esters is 2. The van der Waals surface area contributed by atoms with Gasteiger partial charge in [0.05, 0.1) is 33.9 Å². The van der Waals surface area contributed by atoms with Gasteiger partial charge in [0.15, 0.2) is 6.10 Å². The number of hydrogen-bond acceptors (Lipinski definition) is 9. The van der Waals surface area contributed by atoms with Gasteiger partial charge in [-0.2, -0.15) is 0 Å². The van der Waals surface area contributed by atoms with E-state index >= 15 is 0 Å². The molecule has 57 heavy (non-hydrogen) atoms. The Hall–Kier alpha value is -2.33. The van der Waals surface area contributed by atoms with Crippen LogP contribution >= 0.6 is 7.82 Å². The van der Waals surface area contributed by atoms with Crippen LogP contribution < -0.4 is 4.89 Å². The summed E-state index contributed by atoms with van der Waals surface area (Å²) in [5.41, 5.74) is 0. The largest absolute Gasteiger partial charge is 0.756 e. The van der Waals surface area contributed by atoms with Gasteiger partial charge >= 0.3 is 11.9 Å². The third kappa shape index (κ3) is 41.6. The number of hydrogen-bond donors (Lipinski definition) is 1. The molecule has 0 bridgehead atoms. The van der Waals surface area contributed by atoms with Gasteiger partial charge in [-0.1, -0.05) is 139 Å². The normalized spacial score (nSPS) is 14.7. The fourth-order valence-corrected chi connectivity index (χ4v) is 6.28. The molecule has 0 aromatic rings. The molecule has 3 unspecified atom stereocenters. The third-order valence-corrected chi connectivity index (χ3v) is 10.1. The second-order valence-corrected chi connectivity index (χ2v) is 17.3. The SMILES string of the molecule is CCCCC/C=C\C/C=C\C=C/C(O)C/C=C\CCCC(=O)OC(COC(=O)CCCCCCC/C=C\CCCCCCCC)COP(=O)([O-])OCC[N+](C)(C)C. The monoisotopic (exact) mass is 824 g/mol. The Labute approximate surface area is 348 Å². The zero-order valence-corrected chi connectivity index (χ0v) is 37.5. The molecule has 0 aliphatic heterocycles. The molecular weight excluding hydrogens is 741 g/mol. The van der Waals surface area contributed by atoms with Crippen LogP contribution in [0.5, 0.6) is 0 Å². The molecule has 0 saturated carbocycles. The summed E-state index contributed by atoms with van der Waals surface area (Å²) in [7, 11) is 1.06. The van der Waals surface area contributed by atoms with Crippen molar-refractivity contribution in [3.8, 4) is 0 Å². The van der Waals surface area contributed by atoms with Crippen molar-refractivity contribution in [1.29, 1.82) is 0 Å². The van der Waals surface area contributed by atoms with Gasteiger partial charge in [0, 0.05) is 12.8 Å². The third-order valence-electron chi connectivity index (χ3n) is 9.09. The number of unbranched alkanes of at least 4 members (excludes halogenated alkanes) is 15. The molecule has 0 rings (SSSR count). The summed E-state index contributed by atoms with van der Waals surface area (Å²) in [5, 5.41) is 10.2. The zero-order valence-electron chi connectivity index (χ0n) is 36.6. The first-order valence-electron chi connectivity index (χ1n) is 22.1. The number of quaternary nitrogens is 1. The van der Waals surface area contributed by atoms with Crippen LogP contribution in [0.2, 0.25) is 0 Å². The number of rotatable bonds is 39. The fourth-order valence-electron chi connectivity index (χ4n) is 5.55. The van der Waals surface area contributed by atoms with E-state index in [9.17, 15) is 24.2 Å². The van der Waals surface area contributed by atoms with E-state index in [1.54, 1.807) is 6.08 Å². The number of aliphatic hydroxyl groups excluding tert-OH is 1. The molecule has 3 atom stereocenters. The quantitative estimate of drug-likeness (QED) is 0.0161. The molecule has 0 aromatic heterocycles. The second-order valence-electron chi connectivity index (χ2n) is 15.9. The second kappa shape index (κ2) is 37.9. The maximum Gasteiger partial charge on any atom is 0.306 e. The number of phosphoric acid groups is 1. The van der Waals surface area contributed by atoms with Gasteiger partial charge in [0.25, 0.3) is 7.82 Å². The van der Waals surface area contributed by atoms with Crippen molar-refractivity contribution in [3.05, 3.63) is 60.8 Å². The predicted molar refractivity (Wildman–Crippen MR) is 232 cm³/mol. The van der Waals surface area contributed by atoms with Gasteiger partial charge in [0.2, 0.25) is 0 Å². The average Bonchev–Trinajstić information content (AvgIpc) is 3.15. The van der Waals surface area contributed by atoms with E-state index in [0.717, 1.165) is 44.9 Å². The van der Waals surface area contributed by atoms with Gasteiger partial charge in [0.1, 0.15) is 19.8 Å². The molecule has 0 fully saturated rings. The molecule has 0 heterocycles. The molecule has 0 aromatic carbocycles. The van der Waals surface area contributed by atoms with E-state index in [2.05, 4.69) is 44.2 Å². The van der Waals surface area contributed by atoms with E-state index in [1.165, 1.54) is 64.2 Å². The van der Waals surface area contributed by atoms with E-state index in [1.807, 2.05) is 45.4 Å². The van der Waals surface area contributed by atoms with Gasteiger partial charge in [-0.15, -0.1) is 0 Å². The fraction of sp³-hybridized carbons (Fsp3) is 0.739. The maximum absolute atomic E-state index is 12.7. The van der Waals surface area contributed by atoms with Gasteiger partial charge in [-0.3, -0.25) is 14.2 Å². The molecule has 0 radical (unpaired) electrons. The highest BCUT2D eigenvalue weighted by molar-refractivity contribution is 7.45. The number of aliphatic hydroxyl groups is 1. The highest BCUT2D eigenvalue weighted by atomic mass is 31.2. The Bertz CT molecular complexity index is 1170. The predicted octanol–water partition coefficient (Wildman–Crippen LogP) is 10.8. The minimum absolute atomic E-state index is 0.0608. The van der Waals surface area contributed by atoms with Gasteiger partial charge in [-0.25, -0.2) is 0 Å². The van der Waals surface area contributed by atoms with Crippen LogP contribution in [0.3, 0.4) is 0 Å². The summed E-state index contributed by atoms with van der Waals surface area (Å²) in [4.78, 5) is 37.5. The van der Waals surface area contributed by atoms with Gasteiger partial charge < -0.3 is 33.0 Å². The smallest absolute Gasteiger partial charge is 0.306 e. The molecule has 0 aliphatic rings. The Morgan fingerprint density at radius 2 is 1.19 bits per heavy atom. The summed E-state index contributed by atoms with van der Waals surface area (Å²) in [6.45, 7) is 3.99. The van der Waals surface area contributed by atoms with Crippen molar-refractivity contribution in [1.82, 2.24) is 0 Å². The first kappa shape index (κ1) is 54.7. The number of ether oxygens (including phenoxy) is 2. The highest BCUT2D eigenvalue weighted by Crippen LogP contribution is 2.38. The number of phosphoric ester groups is 1. The summed E-state index contributed by atoms with van der Waals surface area (Å²) in [6, 6.07) is 0. The van der Waals surface area contributed by atoms with Crippen LogP contribution in [0, 0.1) is 0 Å². The van der Waals surface area contributed by atoms with Crippen molar-refractivity contribution in [2.45, 2.75) is 174 Å². The van der Waals surface area contributed by atoms with Crippen LogP contribution in [0.25, 0.3) is 0 Å². The summed E-state index contributed by atoms with van der Waals surface area (Å²) in [6.07, 6.45) is 41.3. The molecule has 0 aliphatic carbocycles. The number of carbonyl (C=O) groups is 2. The van der Waals surface area contributed by atoms with Crippen LogP contribution in [-0.4, -0.2) is 81.2 Å². The average molecular weight is 824 g/mol. The Balaban J connectivity index is 4.57. The Kier molecular flexibility index (Phi) is 36.4. The number of nitrogens with zero attached hydrogens (tertiary/aromatic N) is 1. The topological polar surface area (TPSA) is 131 Å². The molecule has 0 amide bonds. The maximum atomic E-state index is 12.7.